The zero-order valence-electron chi connectivity index (χ0n) is 11.6. The Morgan fingerprint density at radius 3 is 2.59 bits per heavy atom. The molecule has 6 nitrogen and oxygen atoms in total. The van der Waals surface area contributed by atoms with Crippen LogP contribution in [0, 0.1) is 0 Å². The highest BCUT2D eigenvalue weighted by Crippen LogP contribution is 2.12. The van der Waals surface area contributed by atoms with Crippen LogP contribution in [0.15, 0.2) is 57.7 Å². The van der Waals surface area contributed by atoms with Crippen molar-refractivity contribution >= 4 is 21.1 Å². The fourth-order valence-corrected chi connectivity index (χ4v) is 3.27. The van der Waals surface area contributed by atoms with Crippen LogP contribution in [-0.4, -0.2) is 13.4 Å². The van der Waals surface area contributed by atoms with E-state index in [0.29, 0.717) is 11.1 Å². The molecule has 1 aromatic heterocycles. The van der Waals surface area contributed by atoms with Gasteiger partial charge in [0.15, 0.2) is 5.58 Å². The summed E-state index contributed by atoms with van der Waals surface area (Å²) in [5, 5.41) is 0. The van der Waals surface area contributed by atoms with Crippen molar-refractivity contribution in [1.29, 1.82) is 0 Å². The lowest BCUT2D eigenvalue weighted by atomic mass is 10.2. The van der Waals surface area contributed by atoms with Crippen LogP contribution in [0.5, 0.6) is 0 Å². The number of sulfonamides is 1. The number of rotatable bonds is 5. The molecule has 3 aromatic rings. The van der Waals surface area contributed by atoms with E-state index in [1.165, 1.54) is 0 Å². The number of benzene rings is 2. The van der Waals surface area contributed by atoms with Gasteiger partial charge in [0, 0.05) is 6.54 Å². The van der Waals surface area contributed by atoms with Gasteiger partial charge in [-0.1, -0.05) is 36.4 Å². The first kappa shape index (κ1) is 14.6. The van der Waals surface area contributed by atoms with Gasteiger partial charge in [-0.3, -0.25) is 4.98 Å². The molecule has 1 heterocycles. The standard InChI is InChI=1S/C15H14N2O4S/c18-15-17-13-8-12(6-7-14(13)21-15)9-16-22(19,20)10-11-4-2-1-3-5-11/h1-8,16H,9-10H2,(H,17,18). The van der Waals surface area contributed by atoms with Crippen molar-refractivity contribution in [1.82, 2.24) is 9.71 Å². The van der Waals surface area contributed by atoms with Gasteiger partial charge in [-0.25, -0.2) is 17.9 Å². The van der Waals surface area contributed by atoms with Gasteiger partial charge in [-0.2, -0.15) is 0 Å². The predicted octanol–water partition coefficient (Wildman–Crippen LogP) is 1.74. The molecule has 0 fully saturated rings. The average Bonchev–Trinajstić information content (AvgIpc) is 2.85. The fourth-order valence-electron chi connectivity index (χ4n) is 2.15. The van der Waals surface area contributed by atoms with E-state index in [1.807, 2.05) is 6.07 Å². The molecule has 0 atom stereocenters. The molecule has 2 aromatic carbocycles. The molecule has 0 bridgehead atoms. The zero-order valence-corrected chi connectivity index (χ0v) is 12.4. The molecule has 0 saturated carbocycles. The summed E-state index contributed by atoms with van der Waals surface area (Å²) in [5.41, 5.74) is 2.46. The summed E-state index contributed by atoms with van der Waals surface area (Å²) in [6.07, 6.45) is 0. The van der Waals surface area contributed by atoms with E-state index in [0.717, 1.165) is 11.1 Å². The van der Waals surface area contributed by atoms with Crippen molar-refractivity contribution < 1.29 is 12.8 Å². The Bertz CT molecular complexity index is 942. The number of aromatic nitrogens is 1. The van der Waals surface area contributed by atoms with Crippen molar-refractivity contribution in [2.24, 2.45) is 0 Å². The minimum absolute atomic E-state index is 0.0708. The monoisotopic (exact) mass is 318 g/mol. The Labute approximate surface area is 126 Å². The van der Waals surface area contributed by atoms with Gasteiger partial charge < -0.3 is 4.42 Å². The highest BCUT2D eigenvalue weighted by molar-refractivity contribution is 7.88. The second-order valence-electron chi connectivity index (χ2n) is 4.91. The maximum absolute atomic E-state index is 12.1. The highest BCUT2D eigenvalue weighted by atomic mass is 32.2. The second-order valence-corrected chi connectivity index (χ2v) is 6.72. The first-order valence-electron chi connectivity index (χ1n) is 6.65. The van der Waals surface area contributed by atoms with E-state index in [4.69, 9.17) is 4.42 Å². The molecule has 0 radical (unpaired) electrons. The van der Waals surface area contributed by atoms with Crippen LogP contribution in [0.25, 0.3) is 11.1 Å². The Hall–Kier alpha value is -2.38. The van der Waals surface area contributed by atoms with Gasteiger partial charge in [0.1, 0.15) is 0 Å². The lowest BCUT2D eigenvalue weighted by molar-refractivity contribution is 0.555. The highest BCUT2D eigenvalue weighted by Gasteiger charge is 2.11. The van der Waals surface area contributed by atoms with Crippen molar-refractivity contribution in [2.45, 2.75) is 12.3 Å². The number of fused-ring (bicyclic) bond motifs is 1. The van der Waals surface area contributed by atoms with Gasteiger partial charge in [-0.15, -0.1) is 0 Å². The third-order valence-electron chi connectivity index (χ3n) is 3.18. The second kappa shape index (κ2) is 5.78. The van der Waals surface area contributed by atoms with Crippen LogP contribution in [-0.2, 0) is 22.3 Å². The molecular weight excluding hydrogens is 304 g/mol. The molecule has 7 heteroatoms. The quantitative estimate of drug-likeness (QED) is 0.749. The summed E-state index contributed by atoms with van der Waals surface area (Å²) >= 11 is 0. The third-order valence-corrected chi connectivity index (χ3v) is 4.48. The predicted molar refractivity (Wildman–Crippen MR) is 82.7 cm³/mol. The summed E-state index contributed by atoms with van der Waals surface area (Å²) in [7, 11) is -3.43. The smallest absolute Gasteiger partial charge is 0.408 e. The average molecular weight is 318 g/mol. The molecule has 0 spiro atoms. The number of hydrogen-bond donors (Lipinski definition) is 2. The maximum Gasteiger partial charge on any atom is 0.417 e. The molecule has 0 unspecified atom stereocenters. The summed E-state index contributed by atoms with van der Waals surface area (Å²) in [4.78, 5) is 13.6. The summed E-state index contributed by atoms with van der Waals surface area (Å²) in [6, 6.07) is 14.0. The Morgan fingerprint density at radius 1 is 1.05 bits per heavy atom. The van der Waals surface area contributed by atoms with Gasteiger partial charge in [0.25, 0.3) is 0 Å². The number of nitrogens with one attached hydrogen (secondary N) is 2. The van der Waals surface area contributed by atoms with E-state index < -0.39 is 15.8 Å². The van der Waals surface area contributed by atoms with E-state index in [2.05, 4.69) is 9.71 Å². The van der Waals surface area contributed by atoms with Crippen molar-refractivity contribution in [2.75, 3.05) is 0 Å². The summed E-state index contributed by atoms with van der Waals surface area (Å²) < 4.78 is 31.5. The zero-order chi connectivity index (χ0) is 15.6. The Kier molecular flexibility index (Phi) is 3.82. The molecule has 0 aliphatic carbocycles. The largest absolute Gasteiger partial charge is 0.417 e. The van der Waals surface area contributed by atoms with Gasteiger partial charge in [-0.05, 0) is 23.3 Å². The van der Waals surface area contributed by atoms with Crippen LogP contribution in [0.1, 0.15) is 11.1 Å². The van der Waals surface area contributed by atoms with Crippen LogP contribution in [0.4, 0.5) is 0 Å². The molecule has 0 aliphatic rings. The van der Waals surface area contributed by atoms with E-state index in [-0.39, 0.29) is 12.3 Å². The normalized spacial score (nSPS) is 11.8. The van der Waals surface area contributed by atoms with E-state index in [9.17, 15) is 13.2 Å². The van der Waals surface area contributed by atoms with Crippen LogP contribution >= 0.6 is 0 Å². The molecule has 0 amide bonds. The number of H-pyrrole nitrogens is 1. The summed E-state index contributed by atoms with van der Waals surface area (Å²) in [6.45, 7) is 0.151. The topological polar surface area (TPSA) is 92.2 Å². The number of oxazole rings is 1. The Morgan fingerprint density at radius 2 is 1.82 bits per heavy atom. The molecule has 0 saturated heterocycles. The SMILES string of the molecule is O=c1[nH]c2cc(CNS(=O)(=O)Cc3ccccc3)ccc2o1. The van der Waals surface area contributed by atoms with Crippen molar-refractivity contribution in [3.05, 3.63) is 70.2 Å². The van der Waals surface area contributed by atoms with Gasteiger partial charge in [0.2, 0.25) is 10.0 Å². The van der Waals surface area contributed by atoms with Crippen LogP contribution < -0.4 is 10.5 Å². The molecule has 114 valence electrons. The van der Waals surface area contributed by atoms with E-state index >= 15 is 0 Å². The van der Waals surface area contributed by atoms with Crippen molar-refractivity contribution in [3.63, 3.8) is 0 Å². The minimum atomic E-state index is -3.43. The maximum atomic E-state index is 12.1. The lowest BCUT2D eigenvalue weighted by Gasteiger charge is -2.07. The fraction of sp³-hybridized carbons (Fsp3) is 0.133. The number of aromatic amines is 1. The lowest BCUT2D eigenvalue weighted by Crippen LogP contribution is -2.24. The molecule has 3 rings (SSSR count). The molecule has 2 N–H and O–H groups in total. The van der Waals surface area contributed by atoms with Crippen LogP contribution in [0.3, 0.4) is 0 Å². The minimum Gasteiger partial charge on any atom is -0.408 e. The van der Waals surface area contributed by atoms with E-state index in [1.54, 1.807) is 42.5 Å². The first-order chi connectivity index (χ1) is 10.5. The third kappa shape index (κ3) is 3.44. The first-order valence-corrected chi connectivity index (χ1v) is 8.30. The van der Waals surface area contributed by atoms with Crippen LogP contribution in [0.2, 0.25) is 0 Å². The number of hydrogen-bond acceptors (Lipinski definition) is 4. The van der Waals surface area contributed by atoms with Crippen molar-refractivity contribution in [3.8, 4) is 0 Å². The van der Waals surface area contributed by atoms with Gasteiger partial charge in [0.05, 0.1) is 11.3 Å². The molecule has 22 heavy (non-hydrogen) atoms. The molecular formula is C15H14N2O4S. The molecule has 0 aliphatic heterocycles. The Balaban J connectivity index is 1.71. The summed E-state index contributed by atoms with van der Waals surface area (Å²) in [5.74, 6) is -0.602. The van der Waals surface area contributed by atoms with Gasteiger partial charge >= 0.3 is 5.76 Å².